The summed E-state index contributed by atoms with van der Waals surface area (Å²) < 4.78 is 95.6. The standard InChI is InChI=1S/C24H27F4N3O3.C2HF3O2/c1-33-18-7-6-14(12-19(18)34-2)23-9-8-15(13-20(23)29-11-10-23)30-22(32)31-17-5-3-4-16(21(17)25)24(26,27)28;3-2(4,5)1(6)7/h3-7,12,15,20,29H,8-11,13H2,1-2H3,(H2,30,31,32);(H,6,7)/t15-,20+,23+;/m0./s1. The van der Waals surface area contributed by atoms with E-state index in [4.69, 9.17) is 19.4 Å². The van der Waals surface area contributed by atoms with Gasteiger partial charge in [-0.15, -0.1) is 0 Å². The van der Waals surface area contributed by atoms with Crippen molar-refractivity contribution in [1.29, 1.82) is 0 Å². The van der Waals surface area contributed by atoms with E-state index in [0.717, 1.165) is 37.1 Å². The van der Waals surface area contributed by atoms with Crippen LogP contribution in [-0.2, 0) is 16.4 Å². The Morgan fingerprint density at radius 3 is 2.27 bits per heavy atom. The summed E-state index contributed by atoms with van der Waals surface area (Å²) in [5, 5.41) is 15.7. The Kier molecular flexibility index (Phi) is 9.62. The highest BCUT2D eigenvalue weighted by Gasteiger charge is 2.48. The van der Waals surface area contributed by atoms with E-state index in [1.54, 1.807) is 14.2 Å². The minimum Gasteiger partial charge on any atom is -0.493 e. The molecule has 3 atom stereocenters. The fourth-order valence-electron chi connectivity index (χ4n) is 5.24. The zero-order valence-corrected chi connectivity index (χ0v) is 21.9. The number of amides is 2. The van der Waals surface area contributed by atoms with Gasteiger partial charge in [-0.25, -0.2) is 14.0 Å². The second kappa shape index (κ2) is 12.4. The number of rotatable bonds is 5. The second-order valence-electron chi connectivity index (χ2n) is 9.52. The summed E-state index contributed by atoms with van der Waals surface area (Å²) in [4.78, 5) is 21.4. The molecular formula is C26H28F7N3O5. The topological polar surface area (TPSA) is 109 Å². The monoisotopic (exact) mass is 595 g/mol. The van der Waals surface area contributed by atoms with Gasteiger partial charge >= 0.3 is 24.4 Å². The van der Waals surface area contributed by atoms with Crippen molar-refractivity contribution in [2.45, 2.75) is 55.5 Å². The minimum atomic E-state index is -5.08. The van der Waals surface area contributed by atoms with E-state index < -0.39 is 41.4 Å². The van der Waals surface area contributed by atoms with Gasteiger partial charge in [-0.3, -0.25) is 0 Å². The maximum atomic E-state index is 14.2. The minimum absolute atomic E-state index is 0.0925. The number of hydrogen-bond acceptors (Lipinski definition) is 5. The maximum Gasteiger partial charge on any atom is 0.490 e. The van der Waals surface area contributed by atoms with E-state index in [1.807, 2.05) is 18.2 Å². The number of carboxylic acid groups (broad SMARTS) is 1. The summed E-state index contributed by atoms with van der Waals surface area (Å²) in [5.41, 5.74) is -0.921. The Labute approximate surface area is 230 Å². The molecule has 15 heteroatoms. The Balaban J connectivity index is 0.000000587. The number of aliphatic carboxylic acids is 1. The summed E-state index contributed by atoms with van der Waals surface area (Å²) in [5.74, 6) is -2.95. The molecule has 2 fully saturated rings. The van der Waals surface area contributed by atoms with E-state index in [-0.39, 0.29) is 17.5 Å². The number of halogens is 7. The van der Waals surface area contributed by atoms with E-state index in [0.29, 0.717) is 30.4 Å². The molecule has 4 N–H and O–H groups in total. The molecule has 0 unspecified atom stereocenters. The fourth-order valence-corrected chi connectivity index (χ4v) is 5.24. The van der Waals surface area contributed by atoms with Crippen molar-refractivity contribution in [3.63, 3.8) is 0 Å². The number of nitrogens with one attached hydrogen (secondary N) is 3. The van der Waals surface area contributed by atoms with E-state index >= 15 is 0 Å². The van der Waals surface area contributed by atoms with Gasteiger partial charge in [-0.05, 0) is 62.1 Å². The molecule has 0 bridgehead atoms. The number of carbonyl (C=O) groups excluding carboxylic acids is 1. The van der Waals surface area contributed by atoms with Crippen LogP contribution in [-0.4, -0.2) is 56.1 Å². The number of anilines is 1. The van der Waals surface area contributed by atoms with Crippen LogP contribution in [0, 0.1) is 5.82 Å². The van der Waals surface area contributed by atoms with Crippen molar-refractivity contribution in [1.82, 2.24) is 10.6 Å². The third-order valence-electron chi connectivity index (χ3n) is 7.18. The van der Waals surface area contributed by atoms with Crippen LogP contribution in [0.15, 0.2) is 36.4 Å². The van der Waals surface area contributed by atoms with Gasteiger partial charge in [-0.2, -0.15) is 26.3 Å². The molecule has 1 saturated heterocycles. The average molecular weight is 596 g/mol. The smallest absolute Gasteiger partial charge is 0.490 e. The number of alkyl halides is 6. The maximum absolute atomic E-state index is 14.2. The van der Waals surface area contributed by atoms with Gasteiger partial charge in [0.2, 0.25) is 0 Å². The molecule has 2 amide bonds. The number of carboxylic acids is 1. The van der Waals surface area contributed by atoms with E-state index in [2.05, 4.69) is 16.0 Å². The molecule has 2 aromatic rings. The number of hydrogen-bond donors (Lipinski definition) is 4. The Bertz CT molecular complexity index is 1250. The van der Waals surface area contributed by atoms with Gasteiger partial charge in [0.1, 0.15) is 0 Å². The molecule has 2 aromatic carbocycles. The van der Waals surface area contributed by atoms with Gasteiger partial charge in [0, 0.05) is 17.5 Å². The van der Waals surface area contributed by atoms with Crippen LogP contribution in [0.3, 0.4) is 0 Å². The highest BCUT2D eigenvalue weighted by Crippen LogP contribution is 2.47. The van der Waals surface area contributed by atoms with Gasteiger partial charge in [0.15, 0.2) is 17.3 Å². The zero-order valence-electron chi connectivity index (χ0n) is 21.9. The summed E-state index contributed by atoms with van der Waals surface area (Å²) in [6.45, 7) is 0.827. The predicted octanol–water partition coefficient (Wildman–Crippen LogP) is 5.47. The molecule has 0 radical (unpaired) electrons. The molecule has 1 aliphatic carbocycles. The van der Waals surface area contributed by atoms with Crippen molar-refractivity contribution in [3.05, 3.63) is 53.3 Å². The first kappa shape index (κ1) is 31.8. The van der Waals surface area contributed by atoms with Crippen molar-refractivity contribution >= 4 is 17.7 Å². The Morgan fingerprint density at radius 2 is 1.68 bits per heavy atom. The predicted molar refractivity (Wildman–Crippen MR) is 133 cm³/mol. The highest BCUT2D eigenvalue weighted by molar-refractivity contribution is 5.89. The normalized spacial score (nSPS) is 22.1. The lowest BCUT2D eigenvalue weighted by molar-refractivity contribution is -0.192. The van der Waals surface area contributed by atoms with Gasteiger partial charge in [-0.1, -0.05) is 12.1 Å². The third kappa shape index (κ3) is 7.31. The lowest BCUT2D eigenvalue weighted by Gasteiger charge is -2.43. The molecule has 2 aliphatic rings. The van der Waals surface area contributed by atoms with Gasteiger partial charge < -0.3 is 30.5 Å². The van der Waals surface area contributed by atoms with Crippen LogP contribution < -0.4 is 25.4 Å². The summed E-state index contributed by atoms with van der Waals surface area (Å²) in [6, 6.07) is 7.87. The Hall–Kier alpha value is -3.75. The molecule has 41 heavy (non-hydrogen) atoms. The van der Waals surface area contributed by atoms with Crippen molar-refractivity contribution in [3.8, 4) is 11.5 Å². The van der Waals surface area contributed by atoms with Crippen LogP contribution in [0.4, 0.5) is 41.2 Å². The van der Waals surface area contributed by atoms with Gasteiger partial charge in [0.25, 0.3) is 0 Å². The van der Waals surface area contributed by atoms with Crippen LogP contribution in [0.2, 0.25) is 0 Å². The van der Waals surface area contributed by atoms with Crippen LogP contribution in [0.5, 0.6) is 11.5 Å². The van der Waals surface area contributed by atoms with Crippen molar-refractivity contribution in [2.24, 2.45) is 0 Å². The molecule has 4 rings (SSSR count). The first-order chi connectivity index (χ1) is 19.1. The molecule has 1 heterocycles. The zero-order chi connectivity index (χ0) is 30.6. The third-order valence-corrected chi connectivity index (χ3v) is 7.18. The second-order valence-corrected chi connectivity index (χ2v) is 9.52. The summed E-state index contributed by atoms with van der Waals surface area (Å²) >= 11 is 0. The number of fused-ring (bicyclic) bond motifs is 1. The van der Waals surface area contributed by atoms with Crippen LogP contribution in [0.1, 0.15) is 36.8 Å². The largest absolute Gasteiger partial charge is 0.493 e. The molecule has 0 spiro atoms. The van der Waals surface area contributed by atoms with Crippen LogP contribution in [0.25, 0.3) is 0 Å². The molecular weight excluding hydrogens is 567 g/mol. The summed E-state index contributed by atoms with van der Waals surface area (Å²) in [7, 11) is 3.18. The fraction of sp³-hybridized carbons (Fsp3) is 0.462. The quantitative estimate of drug-likeness (QED) is 0.342. The van der Waals surface area contributed by atoms with E-state index in [1.165, 1.54) is 0 Å². The average Bonchev–Trinajstić information content (AvgIpc) is 3.33. The number of methoxy groups -OCH3 is 2. The van der Waals surface area contributed by atoms with Crippen molar-refractivity contribution in [2.75, 3.05) is 26.1 Å². The van der Waals surface area contributed by atoms with Crippen LogP contribution >= 0.6 is 0 Å². The Morgan fingerprint density at radius 1 is 1.02 bits per heavy atom. The lowest BCUT2D eigenvalue weighted by Crippen LogP contribution is -2.52. The summed E-state index contributed by atoms with van der Waals surface area (Å²) in [6.07, 6.45) is -6.90. The number of carbonyl (C=O) groups is 2. The molecule has 1 aliphatic heterocycles. The lowest BCUT2D eigenvalue weighted by atomic mass is 9.65. The molecule has 1 saturated carbocycles. The first-order valence-electron chi connectivity index (χ1n) is 12.3. The molecule has 0 aromatic heterocycles. The molecule has 226 valence electrons. The molecule has 8 nitrogen and oxygen atoms in total. The number of ether oxygens (including phenoxy) is 2. The van der Waals surface area contributed by atoms with E-state index in [9.17, 15) is 35.5 Å². The number of benzene rings is 2. The SMILES string of the molecule is COc1ccc([C@@]23CCN[C@@H]2C[C@@H](NC(=O)Nc2cccc(C(F)(F)F)c2F)CC3)cc1OC.O=C(O)C(F)(F)F. The number of urea groups is 1. The van der Waals surface area contributed by atoms with Gasteiger partial charge in [0.05, 0.1) is 25.5 Å². The highest BCUT2D eigenvalue weighted by atomic mass is 19.4. The first-order valence-corrected chi connectivity index (χ1v) is 12.3. The van der Waals surface area contributed by atoms with Crippen molar-refractivity contribution < 1.29 is 54.9 Å².